The molecule has 0 aliphatic rings. The molecule has 2 aromatic carbocycles. The predicted octanol–water partition coefficient (Wildman–Crippen LogP) is 2.91. The third-order valence-corrected chi connectivity index (χ3v) is 5.68. The van der Waals surface area contributed by atoms with Crippen LogP contribution in [-0.4, -0.2) is 36.9 Å². The minimum absolute atomic E-state index is 0.0217. The number of ketones is 1. The Morgan fingerprint density at radius 3 is 2.30 bits per heavy atom. The van der Waals surface area contributed by atoms with E-state index in [9.17, 15) is 31.2 Å². The lowest BCUT2D eigenvalue weighted by atomic mass is 10.0. The SMILES string of the molecule is CNC(=O)CCC(=O)c1cccc(-c2cc(C(F)(F)F)nn2-c2ccc(S(N)(=O)=O)cc2)c1. The van der Waals surface area contributed by atoms with Gasteiger partial charge in [0.2, 0.25) is 15.9 Å². The zero-order valence-corrected chi connectivity index (χ0v) is 18.1. The topological polar surface area (TPSA) is 124 Å². The molecule has 174 valence electrons. The van der Waals surface area contributed by atoms with Gasteiger partial charge in [0.25, 0.3) is 0 Å². The molecule has 12 heteroatoms. The van der Waals surface area contributed by atoms with Gasteiger partial charge in [-0.15, -0.1) is 0 Å². The Hall–Kier alpha value is -3.51. The van der Waals surface area contributed by atoms with Gasteiger partial charge in [-0.25, -0.2) is 18.2 Å². The first-order chi connectivity index (χ1) is 15.4. The molecule has 0 saturated carbocycles. The van der Waals surface area contributed by atoms with Crippen LogP contribution >= 0.6 is 0 Å². The van der Waals surface area contributed by atoms with Crippen molar-refractivity contribution in [3.8, 4) is 16.9 Å². The summed E-state index contributed by atoms with van der Waals surface area (Å²) in [7, 11) is -2.54. The molecule has 0 radical (unpaired) electrons. The minimum atomic E-state index is -4.73. The molecule has 33 heavy (non-hydrogen) atoms. The van der Waals surface area contributed by atoms with Gasteiger partial charge in [-0.3, -0.25) is 9.59 Å². The van der Waals surface area contributed by atoms with Gasteiger partial charge >= 0.3 is 6.18 Å². The second kappa shape index (κ2) is 9.16. The fraction of sp³-hybridized carbons (Fsp3) is 0.190. The van der Waals surface area contributed by atoms with Crippen molar-refractivity contribution in [1.29, 1.82) is 0 Å². The number of Topliss-reactive ketones (excluding diaryl/α,β-unsaturated/α-hetero) is 1. The van der Waals surface area contributed by atoms with Crippen molar-refractivity contribution < 1.29 is 31.2 Å². The van der Waals surface area contributed by atoms with Crippen LogP contribution in [0.5, 0.6) is 0 Å². The van der Waals surface area contributed by atoms with Crippen LogP contribution in [0.25, 0.3) is 16.9 Å². The molecule has 0 aliphatic carbocycles. The molecular weight excluding hydrogens is 461 g/mol. The summed E-state index contributed by atoms with van der Waals surface area (Å²) in [6.45, 7) is 0. The minimum Gasteiger partial charge on any atom is -0.359 e. The van der Waals surface area contributed by atoms with E-state index in [-0.39, 0.29) is 51.9 Å². The number of alkyl halides is 3. The molecule has 3 aromatic rings. The van der Waals surface area contributed by atoms with Crippen molar-refractivity contribution in [3.63, 3.8) is 0 Å². The van der Waals surface area contributed by atoms with Crippen LogP contribution in [-0.2, 0) is 21.0 Å². The number of rotatable bonds is 7. The molecule has 1 heterocycles. The number of nitrogens with zero attached hydrogens (tertiary/aromatic N) is 2. The van der Waals surface area contributed by atoms with Crippen molar-refractivity contribution in [2.75, 3.05) is 7.05 Å². The Labute approximate surface area is 187 Å². The van der Waals surface area contributed by atoms with Crippen LogP contribution in [0.1, 0.15) is 28.9 Å². The molecule has 0 saturated heterocycles. The van der Waals surface area contributed by atoms with Crippen LogP contribution in [0.2, 0.25) is 0 Å². The molecule has 3 N–H and O–H groups in total. The van der Waals surface area contributed by atoms with Gasteiger partial charge in [0, 0.05) is 31.0 Å². The number of primary sulfonamides is 1. The van der Waals surface area contributed by atoms with E-state index in [0.717, 1.165) is 22.9 Å². The number of amides is 1. The Morgan fingerprint density at radius 2 is 1.73 bits per heavy atom. The summed E-state index contributed by atoms with van der Waals surface area (Å²) in [6, 6.07) is 11.6. The Kier molecular flexibility index (Phi) is 6.70. The molecule has 1 amide bonds. The van der Waals surface area contributed by atoms with Crippen LogP contribution in [0.3, 0.4) is 0 Å². The van der Waals surface area contributed by atoms with Crippen molar-refractivity contribution >= 4 is 21.7 Å². The fourth-order valence-electron chi connectivity index (χ4n) is 3.05. The normalized spacial score (nSPS) is 11.9. The number of benzene rings is 2. The first-order valence-corrected chi connectivity index (χ1v) is 11.1. The number of nitrogens with two attached hydrogens (primary N) is 1. The van der Waals surface area contributed by atoms with Gasteiger partial charge in [-0.05, 0) is 36.4 Å². The second-order valence-corrected chi connectivity index (χ2v) is 8.60. The highest BCUT2D eigenvalue weighted by Crippen LogP contribution is 2.33. The van der Waals surface area contributed by atoms with Gasteiger partial charge in [0.15, 0.2) is 11.5 Å². The van der Waals surface area contributed by atoms with Crippen molar-refractivity contribution in [2.45, 2.75) is 23.9 Å². The molecule has 0 unspecified atom stereocenters. The summed E-state index contributed by atoms with van der Waals surface area (Å²) in [5.74, 6) is -0.657. The van der Waals surface area contributed by atoms with E-state index in [1.807, 2.05) is 0 Å². The van der Waals surface area contributed by atoms with Crippen LogP contribution < -0.4 is 10.5 Å². The highest BCUT2D eigenvalue weighted by Gasteiger charge is 2.35. The molecule has 3 rings (SSSR count). The summed E-state index contributed by atoms with van der Waals surface area (Å²) in [5, 5.41) is 11.1. The number of hydrogen-bond acceptors (Lipinski definition) is 5. The molecule has 1 aromatic heterocycles. The molecular formula is C21H19F3N4O4S. The summed E-state index contributed by atoms with van der Waals surface area (Å²) in [5.41, 5.74) is -0.471. The third-order valence-electron chi connectivity index (χ3n) is 4.75. The monoisotopic (exact) mass is 480 g/mol. The van der Waals surface area contributed by atoms with E-state index >= 15 is 0 Å². The highest BCUT2D eigenvalue weighted by atomic mass is 32.2. The predicted molar refractivity (Wildman–Crippen MR) is 113 cm³/mol. The summed E-state index contributed by atoms with van der Waals surface area (Å²) in [6.07, 6.45) is -4.82. The van der Waals surface area contributed by atoms with Crippen LogP contribution in [0.4, 0.5) is 13.2 Å². The van der Waals surface area contributed by atoms with Gasteiger partial charge in [-0.2, -0.15) is 18.3 Å². The van der Waals surface area contributed by atoms with Crippen LogP contribution in [0.15, 0.2) is 59.5 Å². The van der Waals surface area contributed by atoms with Gasteiger partial charge in [0.05, 0.1) is 16.3 Å². The number of carbonyl (C=O) groups is 2. The summed E-state index contributed by atoms with van der Waals surface area (Å²) < 4.78 is 64.1. The number of sulfonamides is 1. The van der Waals surface area contributed by atoms with E-state index in [1.54, 1.807) is 0 Å². The lowest BCUT2D eigenvalue weighted by Gasteiger charge is -2.10. The smallest absolute Gasteiger partial charge is 0.359 e. The number of nitrogens with one attached hydrogen (secondary N) is 1. The first kappa shape index (κ1) is 24.1. The molecule has 0 spiro atoms. The summed E-state index contributed by atoms with van der Waals surface area (Å²) in [4.78, 5) is 23.6. The number of hydrogen-bond donors (Lipinski definition) is 2. The zero-order valence-electron chi connectivity index (χ0n) is 17.3. The second-order valence-electron chi connectivity index (χ2n) is 7.04. The van der Waals surface area contributed by atoms with E-state index in [0.29, 0.717) is 0 Å². The lowest BCUT2D eigenvalue weighted by molar-refractivity contribution is -0.141. The quantitative estimate of drug-likeness (QED) is 0.503. The fourth-order valence-corrected chi connectivity index (χ4v) is 3.56. The number of halogens is 3. The number of aromatic nitrogens is 2. The highest BCUT2D eigenvalue weighted by molar-refractivity contribution is 7.89. The van der Waals surface area contributed by atoms with E-state index in [2.05, 4.69) is 10.4 Å². The van der Waals surface area contributed by atoms with Crippen molar-refractivity contribution in [1.82, 2.24) is 15.1 Å². The molecule has 0 aliphatic heterocycles. The third kappa shape index (κ3) is 5.65. The number of carbonyl (C=O) groups excluding carboxylic acids is 2. The van der Waals surface area contributed by atoms with Gasteiger partial charge in [0.1, 0.15) is 0 Å². The van der Waals surface area contributed by atoms with Crippen LogP contribution in [0, 0.1) is 0 Å². The van der Waals surface area contributed by atoms with E-state index in [4.69, 9.17) is 5.14 Å². The average molecular weight is 480 g/mol. The van der Waals surface area contributed by atoms with E-state index < -0.39 is 21.9 Å². The largest absolute Gasteiger partial charge is 0.435 e. The zero-order chi connectivity index (χ0) is 24.4. The lowest BCUT2D eigenvalue weighted by Crippen LogP contribution is -2.18. The average Bonchev–Trinajstić information content (AvgIpc) is 3.23. The molecule has 0 atom stereocenters. The van der Waals surface area contributed by atoms with Crippen molar-refractivity contribution in [3.05, 3.63) is 65.9 Å². The Balaban J connectivity index is 2.05. The van der Waals surface area contributed by atoms with Crippen molar-refractivity contribution in [2.24, 2.45) is 5.14 Å². The standard InChI is InChI=1S/C21H19F3N4O4S/c1-26-20(30)10-9-18(29)14-4-2-3-13(11-14)17-12-19(21(22,23)24)27-28(17)15-5-7-16(8-6-15)33(25,31)32/h2-8,11-12H,9-10H2,1H3,(H,26,30)(H2,25,31,32). The first-order valence-electron chi connectivity index (χ1n) is 9.55. The molecule has 8 nitrogen and oxygen atoms in total. The Bertz CT molecular complexity index is 1300. The maximum absolute atomic E-state index is 13.4. The van der Waals surface area contributed by atoms with E-state index in [1.165, 1.54) is 43.4 Å². The Morgan fingerprint density at radius 1 is 1.06 bits per heavy atom. The maximum atomic E-state index is 13.4. The maximum Gasteiger partial charge on any atom is 0.435 e. The van der Waals surface area contributed by atoms with Gasteiger partial charge < -0.3 is 5.32 Å². The van der Waals surface area contributed by atoms with Gasteiger partial charge in [-0.1, -0.05) is 18.2 Å². The molecule has 0 bridgehead atoms. The molecule has 0 fully saturated rings. The summed E-state index contributed by atoms with van der Waals surface area (Å²) >= 11 is 0.